The van der Waals surface area contributed by atoms with Crippen LogP contribution in [-0.4, -0.2) is 11.1 Å². The van der Waals surface area contributed by atoms with E-state index in [-0.39, 0.29) is 12.3 Å². The van der Waals surface area contributed by atoms with Crippen LogP contribution < -0.4 is 5.32 Å². The molecule has 1 amide bonds. The number of nitrogens with zero attached hydrogens (tertiary/aromatic N) is 1. The summed E-state index contributed by atoms with van der Waals surface area (Å²) in [5, 5.41) is 8.47. The van der Waals surface area contributed by atoms with Gasteiger partial charge in [0.05, 0.1) is 17.1 Å². The lowest BCUT2D eigenvalue weighted by atomic mass is 10.1. The summed E-state index contributed by atoms with van der Waals surface area (Å²) in [7, 11) is 0. The van der Waals surface area contributed by atoms with Gasteiger partial charge in [-0.25, -0.2) is 0 Å². The van der Waals surface area contributed by atoms with Crippen molar-refractivity contribution in [2.75, 3.05) is 5.32 Å². The minimum atomic E-state index is -0.235. The maximum atomic E-state index is 12.2. The third-order valence-electron chi connectivity index (χ3n) is 3.23. The molecule has 4 nitrogen and oxygen atoms in total. The quantitative estimate of drug-likeness (QED) is 0.760. The molecule has 1 heterocycles. The Morgan fingerprint density at radius 1 is 1.23 bits per heavy atom. The normalized spacial score (nSPS) is 10.9. The molecule has 0 saturated carbocycles. The van der Waals surface area contributed by atoms with Gasteiger partial charge in [0, 0.05) is 10.4 Å². The number of aryl methyl sites for hydroxylation is 1. The molecule has 0 fully saturated rings. The third-order valence-corrected chi connectivity index (χ3v) is 3.80. The highest BCUT2D eigenvalue weighted by molar-refractivity contribution is 6.35. The van der Waals surface area contributed by atoms with Crippen LogP contribution >= 0.6 is 23.2 Å². The first-order valence-corrected chi connectivity index (χ1v) is 7.38. The summed E-state index contributed by atoms with van der Waals surface area (Å²) < 4.78 is 5.22. The Morgan fingerprint density at radius 3 is 2.86 bits per heavy atom. The first kappa shape index (κ1) is 14.9. The Labute approximate surface area is 137 Å². The molecule has 112 valence electrons. The van der Waals surface area contributed by atoms with Crippen molar-refractivity contribution >= 4 is 45.8 Å². The highest BCUT2D eigenvalue weighted by Crippen LogP contribution is 2.26. The zero-order chi connectivity index (χ0) is 15.7. The number of rotatable bonds is 3. The molecule has 0 aliphatic rings. The molecule has 0 unspecified atom stereocenters. The van der Waals surface area contributed by atoms with Crippen LogP contribution in [0.3, 0.4) is 0 Å². The lowest BCUT2D eigenvalue weighted by Gasteiger charge is -2.06. The fraction of sp³-hybridized carbons (Fsp3) is 0.125. The molecule has 0 radical (unpaired) electrons. The van der Waals surface area contributed by atoms with E-state index in [1.54, 1.807) is 18.2 Å². The molecule has 3 aromatic rings. The molecule has 6 heteroatoms. The van der Waals surface area contributed by atoms with Crippen LogP contribution in [0.25, 0.3) is 11.0 Å². The average molecular weight is 335 g/mol. The molecule has 1 N–H and O–H groups in total. The van der Waals surface area contributed by atoms with E-state index in [0.29, 0.717) is 27.0 Å². The third kappa shape index (κ3) is 3.08. The van der Waals surface area contributed by atoms with E-state index in [2.05, 4.69) is 10.5 Å². The fourth-order valence-corrected chi connectivity index (χ4v) is 2.51. The summed E-state index contributed by atoms with van der Waals surface area (Å²) in [4.78, 5) is 12.2. The van der Waals surface area contributed by atoms with Crippen LogP contribution in [0.1, 0.15) is 11.3 Å². The van der Waals surface area contributed by atoms with Crippen molar-refractivity contribution in [2.45, 2.75) is 13.3 Å². The monoisotopic (exact) mass is 334 g/mol. The molecule has 3 rings (SSSR count). The van der Waals surface area contributed by atoms with Crippen molar-refractivity contribution in [1.29, 1.82) is 0 Å². The molecule has 22 heavy (non-hydrogen) atoms. The Morgan fingerprint density at radius 2 is 2.05 bits per heavy atom. The Bertz CT molecular complexity index is 858. The molecular formula is C16H12Cl2N2O2. The van der Waals surface area contributed by atoms with Crippen molar-refractivity contribution in [2.24, 2.45) is 0 Å². The van der Waals surface area contributed by atoms with Crippen LogP contribution in [-0.2, 0) is 11.2 Å². The number of benzene rings is 2. The van der Waals surface area contributed by atoms with Crippen LogP contribution in [0, 0.1) is 6.92 Å². The molecular weight excluding hydrogens is 323 g/mol. The number of hydrogen-bond donors (Lipinski definition) is 1. The van der Waals surface area contributed by atoms with Crippen molar-refractivity contribution in [3.05, 3.63) is 57.7 Å². The minimum absolute atomic E-state index is 0.0965. The van der Waals surface area contributed by atoms with E-state index in [0.717, 1.165) is 10.9 Å². The van der Waals surface area contributed by atoms with E-state index in [1.807, 2.05) is 25.1 Å². The van der Waals surface area contributed by atoms with Gasteiger partial charge in [-0.05, 0) is 37.3 Å². The number of hydrogen-bond acceptors (Lipinski definition) is 3. The number of nitrogens with one attached hydrogen (secondary N) is 1. The van der Waals surface area contributed by atoms with E-state index in [9.17, 15) is 4.79 Å². The van der Waals surface area contributed by atoms with Gasteiger partial charge >= 0.3 is 0 Å². The molecule has 0 spiro atoms. The second kappa shape index (κ2) is 5.99. The maximum absolute atomic E-state index is 12.2. The van der Waals surface area contributed by atoms with Gasteiger partial charge in [0.25, 0.3) is 0 Å². The van der Waals surface area contributed by atoms with Gasteiger partial charge in [0.2, 0.25) is 5.91 Å². The average Bonchev–Trinajstić information content (AvgIpc) is 2.85. The van der Waals surface area contributed by atoms with Gasteiger partial charge < -0.3 is 9.84 Å². The van der Waals surface area contributed by atoms with Crippen LogP contribution in [0.2, 0.25) is 10.0 Å². The van der Waals surface area contributed by atoms with Gasteiger partial charge in [0.15, 0.2) is 5.58 Å². The summed E-state index contributed by atoms with van der Waals surface area (Å²) in [6, 6.07) is 10.6. The van der Waals surface area contributed by atoms with Crippen molar-refractivity contribution < 1.29 is 9.32 Å². The molecule has 0 aliphatic heterocycles. The van der Waals surface area contributed by atoms with Gasteiger partial charge in [-0.3, -0.25) is 4.79 Å². The number of halogens is 2. The van der Waals surface area contributed by atoms with Gasteiger partial charge in [-0.1, -0.05) is 40.0 Å². The summed E-state index contributed by atoms with van der Waals surface area (Å²) in [5.74, 6) is -0.235. The number of fused-ring (bicyclic) bond motifs is 1. The largest absolute Gasteiger partial charge is 0.356 e. The lowest BCUT2D eigenvalue weighted by Crippen LogP contribution is -2.15. The fourth-order valence-electron chi connectivity index (χ4n) is 2.17. The topological polar surface area (TPSA) is 55.1 Å². The summed E-state index contributed by atoms with van der Waals surface area (Å²) in [6.45, 7) is 1.97. The summed E-state index contributed by atoms with van der Waals surface area (Å²) in [5.41, 5.74) is 2.81. The van der Waals surface area contributed by atoms with Crippen LogP contribution in [0.4, 0.5) is 5.69 Å². The van der Waals surface area contributed by atoms with Crippen molar-refractivity contribution in [3.8, 4) is 0 Å². The predicted octanol–water partition coefficient (Wildman–Crippen LogP) is 4.62. The highest BCUT2D eigenvalue weighted by atomic mass is 35.5. The Kier molecular flexibility index (Phi) is 4.05. The number of aromatic nitrogens is 1. The predicted molar refractivity (Wildman–Crippen MR) is 87.5 cm³/mol. The standard InChI is InChI=1S/C16H12Cl2N2O2/c1-9-2-5-15-11(6-9)13(20-22-15)8-16(21)19-14-7-10(17)3-4-12(14)18/h2-7H,8H2,1H3,(H,19,21). The first-order valence-electron chi connectivity index (χ1n) is 6.63. The van der Waals surface area contributed by atoms with E-state index < -0.39 is 0 Å². The molecule has 1 aromatic heterocycles. The zero-order valence-corrected chi connectivity index (χ0v) is 13.2. The minimum Gasteiger partial charge on any atom is -0.356 e. The van der Waals surface area contributed by atoms with E-state index in [4.69, 9.17) is 27.7 Å². The zero-order valence-electron chi connectivity index (χ0n) is 11.7. The Balaban J connectivity index is 1.81. The highest BCUT2D eigenvalue weighted by Gasteiger charge is 2.14. The smallest absolute Gasteiger partial charge is 0.230 e. The van der Waals surface area contributed by atoms with Crippen molar-refractivity contribution in [3.63, 3.8) is 0 Å². The number of anilines is 1. The molecule has 2 aromatic carbocycles. The lowest BCUT2D eigenvalue weighted by molar-refractivity contribution is -0.115. The summed E-state index contributed by atoms with van der Waals surface area (Å²) >= 11 is 11.9. The van der Waals surface area contributed by atoms with Crippen molar-refractivity contribution in [1.82, 2.24) is 5.16 Å². The second-order valence-corrected chi connectivity index (χ2v) is 5.82. The maximum Gasteiger partial charge on any atom is 0.230 e. The number of carbonyl (C=O) groups excluding carboxylic acids is 1. The van der Waals surface area contributed by atoms with Gasteiger partial charge in [0.1, 0.15) is 5.69 Å². The Hall–Kier alpha value is -2.04. The van der Waals surface area contributed by atoms with E-state index in [1.165, 1.54) is 0 Å². The molecule has 0 bridgehead atoms. The van der Waals surface area contributed by atoms with Gasteiger partial charge in [-0.2, -0.15) is 0 Å². The van der Waals surface area contributed by atoms with E-state index >= 15 is 0 Å². The second-order valence-electron chi connectivity index (χ2n) is 4.98. The first-order chi connectivity index (χ1) is 10.5. The number of amides is 1. The van der Waals surface area contributed by atoms with Crippen LogP contribution in [0.15, 0.2) is 40.9 Å². The molecule has 0 atom stereocenters. The molecule has 0 saturated heterocycles. The summed E-state index contributed by atoms with van der Waals surface area (Å²) in [6.07, 6.45) is 0.0965. The number of carbonyl (C=O) groups is 1. The SMILES string of the molecule is Cc1ccc2onc(CC(=O)Nc3cc(Cl)ccc3Cl)c2c1. The van der Waals surface area contributed by atoms with Gasteiger partial charge in [-0.15, -0.1) is 0 Å². The molecule has 0 aliphatic carbocycles. The van der Waals surface area contributed by atoms with Crippen LogP contribution in [0.5, 0.6) is 0 Å².